The highest BCUT2D eigenvalue weighted by Crippen LogP contribution is 2.15. The number of hydrogen-bond donors (Lipinski definition) is 1. The van der Waals surface area contributed by atoms with Crippen molar-refractivity contribution in [1.29, 1.82) is 0 Å². The maximum atomic E-state index is 5.82. The van der Waals surface area contributed by atoms with Crippen molar-refractivity contribution in [3.63, 3.8) is 0 Å². The molecule has 1 aromatic rings. The van der Waals surface area contributed by atoms with Crippen LogP contribution in [0.3, 0.4) is 0 Å². The molecule has 2 heteroatoms. The molecule has 0 saturated heterocycles. The number of rotatable bonds is 3. The van der Waals surface area contributed by atoms with Crippen LogP contribution in [-0.4, -0.2) is 5.88 Å². The second-order valence-corrected chi connectivity index (χ2v) is 3.20. The minimum absolute atomic E-state index is 0.658. The lowest BCUT2D eigenvalue weighted by atomic mass is 10.1. The molecule has 0 saturated carbocycles. The smallest absolute Gasteiger partial charge is 0.0349 e. The van der Waals surface area contributed by atoms with Gasteiger partial charge in [0.25, 0.3) is 0 Å². The van der Waals surface area contributed by atoms with Crippen LogP contribution in [0.2, 0.25) is 0 Å². The van der Waals surface area contributed by atoms with Gasteiger partial charge in [0.15, 0.2) is 0 Å². The number of alkyl halides is 1. The van der Waals surface area contributed by atoms with E-state index in [1.807, 2.05) is 6.07 Å². The molecular formula is C10H14ClN. The standard InChI is InChI=1S/C10H14ClN/c1-2-9-4-3-8(5-6-11)7-10(9)12/h3-4,7H,2,5-6,12H2,1H3. The second-order valence-electron chi connectivity index (χ2n) is 2.83. The number of hydrogen-bond acceptors (Lipinski definition) is 1. The van der Waals surface area contributed by atoms with E-state index in [2.05, 4.69) is 19.1 Å². The minimum Gasteiger partial charge on any atom is -0.398 e. The summed E-state index contributed by atoms with van der Waals surface area (Å²) in [4.78, 5) is 0. The summed E-state index contributed by atoms with van der Waals surface area (Å²) >= 11 is 5.62. The third kappa shape index (κ3) is 2.15. The molecule has 0 aliphatic carbocycles. The van der Waals surface area contributed by atoms with Gasteiger partial charge in [-0.3, -0.25) is 0 Å². The maximum absolute atomic E-state index is 5.82. The van der Waals surface area contributed by atoms with E-state index in [0.29, 0.717) is 5.88 Å². The first kappa shape index (κ1) is 9.40. The molecule has 2 N–H and O–H groups in total. The van der Waals surface area contributed by atoms with E-state index in [1.54, 1.807) is 0 Å². The van der Waals surface area contributed by atoms with E-state index in [1.165, 1.54) is 11.1 Å². The van der Waals surface area contributed by atoms with Gasteiger partial charge in [0, 0.05) is 11.6 Å². The largest absolute Gasteiger partial charge is 0.398 e. The van der Waals surface area contributed by atoms with Crippen molar-refractivity contribution in [2.45, 2.75) is 19.8 Å². The molecule has 0 heterocycles. The van der Waals surface area contributed by atoms with Crippen molar-refractivity contribution in [2.75, 3.05) is 11.6 Å². The summed E-state index contributed by atoms with van der Waals surface area (Å²) < 4.78 is 0. The van der Waals surface area contributed by atoms with Crippen LogP contribution in [0.1, 0.15) is 18.1 Å². The number of aryl methyl sites for hydroxylation is 2. The SMILES string of the molecule is CCc1ccc(CCCl)cc1N. The molecule has 0 aliphatic heterocycles. The van der Waals surface area contributed by atoms with Crippen molar-refractivity contribution in [3.05, 3.63) is 29.3 Å². The number of benzene rings is 1. The molecule has 1 rings (SSSR count). The minimum atomic E-state index is 0.658. The van der Waals surface area contributed by atoms with Crippen LogP contribution in [0.5, 0.6) is 0 Å². The van der Waals surface area contributed by atoms with Gasteiger partial charge >= 0.3 is 0 Å². The zero-order valence-corrected chi connectivity index (χ0v) is 8.06. The normalized spacial score (nSPS) is 10.2. The third-order valence-corrected chi connectivity index (χ3v) is 2.16. The first-order valence-corrected chi connectivity index (χ1v) is 4.74. The molecule has 0 spiro atoms. The molecule has 0 aromatic heterocycles. The maximum Gasteiger partial charge on any atom is 0.0349 e. The van der Waals surface area contributed by atoms with Crippen LogP contribution in [-0.2, 0) is 12.8 Å². The fourth-order valence-corrected chi connectivity index (χ4v) is 1.45. The highest BCUT2D eigenvalue weighted by molar-refractivity contribution is 6.17. The molecule has 1 nitrogen and oxygen atoms in total. The quantitative estimate of drug-likeness (QED) is 0.566. The van der Waals surface area contributed by atoms with Crippen LogP contribution >= 0.6 is 11.6 Å². The first-order valence-electron chi connectivity index (χ1n) is 4.21. The van der Waals surface area contributed by atoms with Gasteiger partial charge < -0.3 is 5.73 Å². The van der Waals surface area contributed by atoms with E-state index in [-0.39, 0.29) is 0 Å². The van der Waals surface area contributed by atoms with Gasteiger partial charge in [-0.25, -0.2) is 0 Å². The van der Waals surface area contributed by atoms with Gasteiger partial charge in [-0.05, 0) is 30.0 Å². The van der Waals surface area contributed by atoms with Crippen molar-refractivity contribution < 1.29 is 0 Å². The molecule has 0 amide bonds. The Hall–Kier alpha value is -0.690. The van der Waals surface area contributed by atoms with Crippen molar-refractivity contribution in [3.8, 4) is 0 Å². The van der Waals surface area contributed by atoms with E-state index in [0.717, 1.165) is 18.5 Å². The molecule has 1 aromatic carbocycles. The van der Waals surface area contributed by atoms with Crippen LogP contribution in [0, 0.1) is 0 Å². The molecule has 66 valence electrons. The number of halogens is 1. The average molecular weight is 184 g/mol. The Morgan fingerprint density at radius 2 is 2.17 bits per heavy atom. The summed E-state index contributed by atoms with van der Waals surface area (Å²) in [5, 5.41) is 0. The molecule has 0 aliphatic rings. The van der Waals surface area contributed by atoms with E-state index in [9.17, 15) is 0 Å². The van der Waals surface area contributed by atoms with Crippen LogP contribution < -0.4 is 5.73 Å². The van der Waals surface area contributed by atoms with Gasteiger partial charge in [-0.1, -0.05) is 19.1 Å². The van der Waals surface area contributed by atoms with Crippen LogP contribution in [0.25, 0.3) is 0 Å². The Morgan fingerprint density at radius 1 is 1.42 bits per heavy atom. The fraction of sp³-hybridized carbons (Fsp3) is 0.400. The van der Waals surface area contributed by atoms with Gasteiger partial charge in [0.1, 0.15) is 0 Å². The zero-order chi connectivity index (χ0) is 8.97. The fourth-order valence-electron chi connectivity index (χ4n) is 1.23. The number of nitrogens with two attached hydrogens (primary N) is 1. The summed E-state index contributed by atoms with van der Waals surface area (Å²) in [7, 11) is 0. The molecular weight excluding hydrogens is 170 g/mol. The lowest BCUT2D eigenvalue weighted by Gasteiger charge is -2.04. The lowest BCUT2D eigenvalue weighted by Crippen LogP contribution is -1.95. The molecule has 12 heavy (non-hydrogen) atoms. The Balaban J connectivity index is 2.86. The lowest BCUT2D eigenvalue weighted by molar-refractivity contribution is 1.11. The topological polar surface area (TPSA) is 26.0 Å². The van der Waals surface area contributed by atoms with Gasteiger partial charge in [0.05, 0.1) is 0 Å². The first-order chi connectivity index (χ1) is 5.77. The second kappa shape index (κ2) is 4.36. The average Bonchev–Trinajstić information content (AvgIpc) is 2.05. The van der Waals surface area contributed by atoms with Crippen LogP contribution in [0.15, 0.2) is 18.2 Å². The molecule has 0 atom stereocenters. The van der Waals surface area contributed by atoms with Gasteiger partial charge in [0.2, 0.25) is 0 Å². The van der Waals surface area contributed by atoms with E-state index in [4.69, 9.17) is 17.3 Å². The Bertz CT molecular complexity index is 258. The Morgan fingerprint density at radius 3 is 2.67 bits per heavy atom. The van der Waals surface area contributed by atoms with Gasteiger partial charge in [-0.2, -0.15) is 0 Å². The molecule has 0 unspecified atom stereocenters. The Labute approximate surface area is 78.5 Å². The Kier molecular flexibility index (Phi) is 3.42. The highest BCUT2D eigenvalue weighted by atomic mass is 35.5. The summed E-state index contributed by atoms with van der Waals surface area (Å²) in [5.74, 6) is 0.658. The predicted molar refractivity (Wildman–Crippen MR) is 54.7 cm³/mol. The monoisotopic (exact) mass is 183 g/mol. The van der Waals surface area contributed by atoms with Crippen LogP contribution in [0.4, 0.5) is 5.69 Å². The summed E-state index contributed by atoms with van der Waals surface area (Å²) in [6.45, 7) is 2.10. The highest BCUT2D eigenvalue weighted by Gasteiger charge is 1.97. The number of anilines is 1. The van der Waals surface area contributed by atoms with Crippen molar-refractivity contribution in [1.82, 2.24) is 0 Å². The third-order valence-electron chi connectivity index (χ3n) is 1.97. The molecule has 0 fully saturated rings. The van der Waals surface area contributed by atoms with Crippen molar-refractivity contribution in [2.24, 2.45) is 0 Å². The molecule has 0 bridgehead atoms. The predicted octanol–water partition coefficient (Wildman–Crippen LogP) is 2.61. The summed E-state index contributed by atoms with van der Waals surface area (Å²) in [6, 6.07) is 6.19. The van der Waals surface area contributed by atoms with E-state index < -0.39 is 0 Å². The number of nitrogen functional groups attached to an aromatic ring is 1. The van der Waals surface area contributed by atoms with Gasteiger partial charge in [-0.15, -0.1) is 11.6 Å². The zero-order valence-electron chi connectivity index (χ0n) is 7.31. The molecule has 0 radical (unpaired) electrons. The summed E-state index contributed by atoms with van der Waals surface area (Å²) in [6.07, 6.45) is 1.89. The summed E-state index contributed by atoms with van der Waals surface area (Å²) in [5.41, 5.74) is 9.15. The van der Waals surface area contributed by atoms with E-state index >= 15 is 0 Å². The van der Waals surface area contributed by atoms with Crippen molar-refractivity contribution >= 4 is 17.3 Å².